The number of rotatable bonds is 2. The Bertz CT molecular complexity index is 1020. The number of ether oxygens (including phenoxy) is 1. The maximum absolute atomic E-state index is 13.3. The molecule has 0 bridgehead atoms. The van der Waals surface area contributed by atoms with Gasteiger partial charge in [0.25, 0.3) is 0 Å². The molecule has 2 aromatic rings. The normalized spacial score (nSPS) is 17.5. The van der Waals surface area contributed by atoms with Gasteiger partial charge in [-0.2, -0.15) is 0 Å². The van der Waals surface area contributed by atoms with Crippen molar-refractivity contribution in [2.45, 2.75) is 47.1 Å². The van der Waals surface area contributed by atoms with Crippen LogP contribution in [0.2, 0.25) is 0 Å². The molecule has 0 fully saturated rings. The summed E-state index contributed by atoms with van der Waals surface area (Å²) in [6.45, 7) is 15.4. The number of esters is 1. The second-order valence-electron chi connectivity index (χ2n) is 9.20. The van der Waals surface area contributed by atoms with Crippen LogP contribution in [0.5, 0.6) is 0 Å². The lowest BCUT2D eigenvalue weighted by Gasteiger charge is -2.35. The van der Waals surface area contributed by atoms with Crippen molar-refractivity contribution in [3.8, 4) is 0 Å². The molecule has 1 unspecified atom stereocenters. The van der Waals surface area contributed by atoms with E-state index in [9.17, 15) is 9.59 Å². The first kappa shape index (κ1) is 20.0. The van der Waals surface area contributed by atoms with Gasteiger partial charge in [0.2, 0.25) is 0 Å². The number of ketones is 1. The molecule has 0 saturated carbocycles. The van der Waals surface area contributed by atoms with Crippen LogP contribution in [0.4, 0.5) is 0 Å². The molecule has 0 aliphatic heterocycles. The van der Waals surface area contributed by atoms with Crippen LogP contribution in [-0.4, -0.2) is 22.3 Å². The summed E-state index contributed by atoms with van der Waals surface area (Å²) in [4.78, 5) is 31.2. The summed E-state index contributed by atoms with van der Waals surface area (Å²) < 4.78 is 5.73. The lowest BCUT2D eigenvalue weighted by molar-refractivity contribution is -0.147. The van der Waals surface area contributed by atoms with Gasteiger partial charge in [0, 0.05) is 10.9 Å². The summed E-state index contributed by atoms with van der Waals surface area (Å²) in [5, 5.41) is 0.875. The van der Waals surface area contributed by atoms with Gasteiger partial charge in [-0.3, -0.25) is 4.79 Å². The van der Waals surface area contributed by atoms with Gasteiger partial charge in [0.15, 0.2) is 5.78 Å². The number of nitrogens with zero attached hydrogens (tertiary/aromatic N) is 1. The summed E-state index contributed by atoms with van der Waals surface area (Å²) in [6.07, 6.45) is 1.60. The van der Waals surface area contributed by atoms with Crippen molar-refractivity contribution in [1.82, 2.24) is 4.98 Å². The molecule has 0 spiro atoms. The minimum Gasteiger partial charge on any atom is -0.456 e. The quantitative estimate of drug-likeness (QED) is 0.521. The third-order valence-corrected chi connectivity index (χ3v) is 4.74. The number of Topliss-reactive ketones (excluding diaryl/α,β-unsaturated/α-hetero) is 1. The zero-order valence-corrected chi connectivity index (χ0v) is 17.4. The molecular formula is C24H27NO3. The highest BCUT2D eigenvalue weighted by atomic mass is 16.6. The first-order valence-corrected chi connectivity index (χ1v) is 9.49. The molecule has 0 N–H and O–H groups in total. The number of pyridine rings is 1. The molecule has 4 heteroatoms. The SMILES string of the molecule is C=CC1C(=O)c2nc3ccccc3cc2C(C(=O)OC(C)(C)C)=C1C(C)(C)C. The molecule has 0 amide bonds. The second-order valence-corrected chi connectivity index (χ2v) is 9.20. The van der Waals surface area contributed by atoms with Crippen molar-refractivity contribution in [1.29, 1.82) is 0 Å². The van der Waals surface area contributed by atoms with Crippen LogP contribution in [0.3, 0.4) is 0 Å². The van der Waals surface area contributed by atoms with E-state index in [0.29, 0.717) is 16.8 Å². The van der Waals surface area contributed by atoms with Crippen LogP contribution in [0.25, 0.3) is 16.5 Å². The van der Waals surface area contributed by atoms with E-state index in [1.807, 2.05) is 71.9 Å². The van der Waals surface area contributed by atoms with Gasteiger partial charge in [-0.15, -0.1) is 6.58 Å². The highest BCUT2D eigenvalue weighted by molar-refractivity contribution is 6.25. The minimum absolute atomic E-state index is 0.131. The third-order valence-electron chi connectivity index (χ3n) is 4.74. The minimum atomic E-state index is -0.650. The number of hydrogen-bond acceptors (Lipinski definition) is 4. The highest BCUT2D eigenvalue weighted by Gasteiger charge is 2.42. The molecule has 0 radical (unpaired) electrons. The van der Waals surface area contributed by atoms with E-state index >= 15 is 0 Å². The van der Waals surface area contributed by atoms with Crippen molar-refractivity contribution in [2.75, 3.05) is 0 Å². The topological polar surface area (TPSA) is 56.3 Å². The molecule has 3 rings (SSSR count). The summed E-state index contributed by atoms with van der Waals surface area (Å²) in [6, 6.07) is 9.46. The number of para-hydroxylation sites is 1. The average Bonchev–Trinajstić information content (AvgIpc) is 2.57. The molecule has 4 nitrogen and oxygen atoms in total. The standard InChI is InChI=1S/C24H27NO3/c1-8-15-19(23(2,3)4)18(22(27)28-24(5,6)7)16-13-14-11-9-10-12-17(14)25-20(16)21(15)26/h8-13,15H,1H2,2-7H3. The van der Waals surface area contributed by atoms with Crippen molar-refractivity contribution >= 4 is 28.2 Å². The van der Waals surface area contributed by atoms with Gasteiger partial charge in [-0.1, -0.05) is 45.0 Å². The first-order chi connectivity index (χ1) is 12.9. The monoisotopic (exact) mass is 377 g/mol. The van der Waals surface area contributed by atoms with E-state index < -0.39 is 22.9 Å². The smallest absolute Gasteiger partial charge is 0.339 e. The summed E-state index contributed by atoms with van der Waals surface area (Å²) in [7, 11) is 0. The number of allylic oxidation sites excluding steroid dienone is 2. The first-order valence-electron chi connectivity index (χ1n) is 9.49. The fraction of sp³-hybridized carbons (Fsp3) is 0.375. The Labute approximate surface area is 166 Å². The maximum Gasteiger partial charge on any atom is 0.339 e. The Morgan fingerprint density at radius 3 is 2.36 bits per heavy atom. The predicted molar refractivity (Wildman–Crippen MR) is 112 cm³/mol. The molecule has 0 saturated heterocycles. The van der Waals surface area contributed by atoms with E-state index in [2.05, 4.69) is 11.6 Å². The van der Waals surface area contributed by atoms with Crippen LogP contribution >= 0.6 is 0 Å². The van der Waals surface area contributed by atoms with Crippen LogP contribution < -0.4 is 0 Å². The maximum atomic E-state index is 13.3. The number of carbonyl (C=O) groups excluding carboxylic acids is 2. The molecule has 1 aromatic heterocycles. The summed E-state index contributed by atoms with van der Waals surface area (Å²) in [5.74, 6) is -1.17. The van der Waals surface area contributed by atoms with Gasteiger partial charge in [0.05, 0.1) is 17.0 Å². The Morgan fingerprint density at radius 2 is 1.79 bits per heavy atom. The number of fused-ring (bicyclic) bond motifs is 2. The van der Waals surface area contributed by atoms with E-state index in [1.54, 1.807) is 6.08 Å². The molecule has 1 aliphatic rings. The molecule has 146 valence electrons. The highest BCUT2D eigenvalue weighted by Crippen LogP contribution is 2.45. The number of carbonyl (C=O) groups is 2. The second kappa shape index (κ2) is 6.69. The Balaban J connectivity index is 2.40. The molecule has 28 heavy (non-hydrogen) atoms. The lowest BCUT2D eigenvalue weighted by Crippen LogP contribution is -2.34. The van der Waals surface area contributed by atoms with E-state index in [-0.39, 0.29) is 5.78 Å². The van der Waals surface area contributed by atoms with Crippen LogP contribution in [0, 0.1) is 11.3 Å². The predicted octanol–water partition coefficient (Wildman–Crippen LogP) is 5.37. The zero-order chi connectivity index (χ0) is 20.9. The van der Waals surface area contributed by atoms with Gasteiger partial charge >= 0.3 is 5.97 Å². The number of benzene rings is 1. The Kier molecular flexibility index (Phi) is 4.78. The third kappa shape index (κ3) is 3.51. The lowest BCUT2D eigenvalue weighted by atomic mass is 9.69. The molecule has 1 aliphatic carbocycles. The van der Waals surface area contributed by atoms with Gasteiger partial charge in [-0.05, 0) is 43.9 Å². The number of aromatic nitrogens is 1. The van der Waals surface area contributed by atoms with Crippen LogP contribution in [-0.2, 0) is 9.53 Å². The number of hydrogen-bond donors (Lipinski definition) is 0. The van der Waals surface area contributed by atoms with Gasteiger partial charge in [0.1, 0.15) is 11.3 Å². The van der Waals surface area contributed by atoms with Crippen molar-refractivity contribution < 1.29 is 14.3 Å². The Morgan fingerprint density at radius 1 is 1.14 bits per heavy atom. The average molecular weight is 377 g/mol. The molecule has 1 atom stereocenters. The van der Waals surface area contributed by atoms with Gasteiger partial charge in [-0.25, -0.2) is 9.78 Å². The van der Waals surface area contributed by atoms with E-state index in [0.717, 1.165) is 16.5 Å². The fourth-order valence-electron chi connectivity index (χ4n) is 3.69. The molecule has 1 heterocycles. The Hall–Kier alpha value is -2.75. The molecular weight excluding hydrogens is 350 g/mol. The van der Waals surface area contributed by atoms with Crippen molar-refractivity contribution in [3.05, 3.63) is 59.8 Å². The fourth-order valence-corrected chi connectivity index (χ4v) is 3.69. The summed E-state index contributed by atoms with van der Waals surface area (Å²) >= 11 is 0. The van der Waals surface area contributed by atoms with Gasteiger partial charge < -0.3 is 4.74 Å². The van der Waals surface area contributed by atoms with E-state index in [4.69, 9.17) is 4.74 Å². The van der Waals surface area contributed by atoms with Crippen molar-refractivity contribution in [3.63, 3.8) is 0 Å². The van der Waals surface area contributed by atoms with Crippen LogP contribution in [0.15, 0.2) is 48.6 Å². The van der Waals surface area contributed by atoms with Crippen LogP contribution in [0.1, 0.15) is 57.6 Å². The zero-order valence-electron chi connectivity index (χ0n) is 17.4. The molecule has 1 aromatic carbocycles. The summed E-state index contributed by atoms with van der Waals surface area (Å²) in [5.41, 5.74) is 1.65. The van der Waals surface area contributed by atoms with E-state index in [1.165, 1.54) is 0 Å². The van der Waals surface area contributed by atoms with Crippen molar-refractivity contribution in [2.24, 2.45) is 11.3 Å². The largest absolute Gasteiger partial charge is 0.456 e.